The summed E-state index contributed by atoms with van der Waals surface area (Å²) in [5.41, 5.74) is 0.762. The van der Waals surface area contributed by atoms with Crippen LogP contribution in [-0.4, -0.2) is 66.1 Å². The highest BCUT2D eigenvalue weighted by molar-refractivity contribution is 7.94. The molecule has 2 saturated heterocycles. The fourth-order valence-corrected chi connectivity index (χ4v) is 6.89. The lowest BCUT2D eigenvalue weighted by molar-refractivity contribution is -0.116. The van der Waals surface area contributed by atoms with Crippen molar-refractivity contribution in [1.29, 1.82) is 0 Å². The summed E-state index contributed by atoms with van der Waals surface area (Å²) in [4.78, 5) is 13.9. The number of rotatable bonds is 5. The van der Waals surface area contributed by atoms with E-state index in [9.17, 15) is 26.0 Å². The van der Waals surface area contributed by atoms with Gasteiger partial charge in [-0.25, -0.2) is 25.5 Å². The Balaban J connectivity index is 1.61. The van der Waals surface area contributed by atoms with E-state index < -0.39 is 26.0 Å². The predicted molar refractivity (Wildman–Crippen MR) is 116 cm³/mol. The molecule has 2 aliphatic heterocycles. The van der Waals surface area contributed by atoms with E-state index in [4.69, 9.17) is 4.74 Å². The number of nitrogens with zero attached hydrogens (tertiary/aromatic N) is 3. The van der Waals surface area contributed by atoms with Crippen molar-refractivity contribution in [2.45, 2.75) is 11.3 Å². The molecule has 2 aliphatic rings. The van der Waals surface area contributed by atoms with Gasteiger partial charge in [-0.05, 0) is 42.5 Å². The number of anilines is 2. The topological polar surface area (TPSA) is 104 Å². The van der Waals surface area contributed by atoms with Crippen LogP contribution in [0.4, 0.5) is 15.8 Å². The van der Waals surface area contributed by atoms with E-state index in [2.05, 4.69) is 0 Å². The highest BCUT2D eigenvalue weighted by Crippen LogP contribution is 2.34. The number of methoxy groups -OCH3 is 1. The van der Waals surface area contributed by atoms with Crippen molar-refractivity contribution in [3.05, 3.63) is 48.3 Å². The summed E-state index contributed by atoms with van der Waals surface area (Å²) in [5, 5.41) is 0. The number of carbonyl (C=O) groups excluding carboxylic acids is 1. The number of hydrogen-bond donors (Lipinski definition) is 0. The van der Waals surface area contributed by atoms with Crippen molar-refractivity contribution >= 4 is 37.3 Å². The van der Waals surface area contributed by atoms with Gasteiger partial charge in [-0.15, -0.1) is 0 Å². The lowest BCUT2D eigenvalue weighted by Crippen LogP contribution is -2.48. The number of sulfonamides is 2. The molecular weight excluding hydrogens is 461 g/mol. The van der Waals surface area contributed by atoms with Gasteiger partial charge in [0.1, 0.15) is 16.5 Å². The lowest BCUT2D eigenvalue weighted by atomic mass is 10.2. The van der Waals surface area contributed by atoms with Crippen LogP contribution >= 0.6 is 0 Å². The molecule has 4 rings (SSSR count). The fraction of sp³-hybridized carbons (Fsp3) is 0.350. The van der Waals surface area contributed by atoms with Gasteiger partial charge in [-0.3, -0.25) is 4.79 Å². The molecular formula is C20H22FN3O6S2. The standard InChI is InChI=1S/C20H22FN3O6S2/c1-30-18-7-6-17(24-20(25)8-13-31(24,26)27)14-19(18)32(28,29)23-11-9-22(10-12-23)16-4-2-15(21)3-5-16/h2-7,14H,8-13H2,1H3. The molecule has 32 heavy (non-hydrogen) atoms. The molecule has 1 amide bonds. The number of amides is 1. The third-order valence-corrected chi connectivity index (χ3v) is 9.12. The molecule has 0 aromatic heterocycles. The first-order chi connectivity index (χ1) is 15.1. The number of carbonyl (C=O) groups is 1. The summed E-state index contributed by atoms with van der Waals surface area (Å²) in [6.45, 7) is 1.14. The summed E-state index contributed by atoms with van der Waals surface area (Å²) in [6, 6.07) is 9.84. The molecule has 0 aliphatic carbocycles. The molecule has 0 N–H and O–H groups in total. The zero-order valence-electron chi connectivity index (χ0n) is 17.3. The highest BCUT2D eigenvalue weighted by atomic mass is 32.2. The number of ether oxygens (including phenoxy) is 1. The average Bonchev–Trinajstić information content (AvgIpc) is 3.06. The van der Waals surface area contributed by atoms with Gasteiger partial charge in [0.25, 0.3) is 0 Å². The van der Waals surface area contributed by atoms with Crippen LogP contribution < -0.4 is 13.9 Å². The zero-order chi connectivity index (χ0) is 23.1. The lowest BCUT2D eigenvalue weighted by Gasteiger charge is -2.35. The Morgan fingerprint density at radius 1 is 0.969 bits per heavy atom. The van der Waals surface area contributed by atoms with Crippen molar-refractivity contribution in [3.63, 3.8) is 0 Å². The maximum Gasteiger partial charge on any atom is 0.246 e. The van der Waals surface area contributed by atoms with Crippen LogP contribution in [0.2, 0.25) is 0 Å². The van der Waals surface area contributed by atoms with E-state index in [-0.39, 0.29) is 47.4 Å². The van der Waals surface area contributed by atoms with Crippen LogP contribution in [0.5, 0.6) is 5.75 Å². The summed E-state index contributed by atoms with van der Waals surface area (Å²) in [7, 11) is -6.55. The molecule has 2 aromatic rings. The van der Waals surface area contributed by atoms with Gasteiger partial charge in [0.2, 0.25) is 26.0 Å². The SMILES string of the molecule is COc1ccc(N2C(=O)CCS2(=O)=O)cc1S(=O)(=O)N1CCN(c2ccc(F)cc2)CC1. The molecule has 172 valence electrons. The monoisotopic (exact) mass is 483 g/mol. The normalized spacial score (nSPS) is 19.4. The predicted octanol–water partition coefficient (Wildman–Crippen LogP) is 1.41. The molecule has 2 aromatic carbocycles. The van der Waals surface area contributed by atoms with E-state index in [0.29, 0.717) is 17.4 Å². The minimum absolute atomic E-state index is 0.0307. The Labute approximate surface area is 186 Å². The summed E-state index contributed by atoms with van der Waals surface area (Å²) in [5.74, 6) is -1.21. The van der Waals surface area contributed by atoms with E-state index >= 15 is 0 Å². The van der Waals surface area contributed by atoms with Crippen LogP contribution in [-0.2, 0) is 24.8 Å². The van der Waals surface area contributed by atoms with E-state index in [1.165, 1.54) is 41.7 Å². The molecule has 2 fully saturated rings. The third kappa shape index (κ3) is 4.05. The molecule has 0 spiro atoms. The van der Waals surface area contributed by atoms with E-state index in [1.54, 1.807) is 12.1 Å². The Bertz CT molecular complexity index is 1240. The second-order valence-electron chi connectivity index (χ2n) is 7.43. The van der Waals surface area contributed by atoms with Gasteiger partial charge in [0.05, 0.1) is 18.6 Å². The number of hydrogen-bond acceptors (Lipinski definition) is 7. The van der Waals surface area contributed by atoms with Gasteiger partial charge >= 0.3 is 0 Å². The highest BCUT2D eigenvalue weighted by Gasteiger charge is 2.38. The van der Waals surface area contributed by atoms with Crippen LogP contribution in [0.1, 0.15) is 6.42 Å². The third-order valence-electron chi connectivity index (χ3n) is 5.51. The van der Waals surface area contributed by atoms with E-state index in [1.807, 2.05) is 4.90 Å². The Morgan fingerprint density at radius 2 is 1.59 bits per heavy atom. The molecule has 0 unspecified atom stereocenters. The van der Waals surface area contributed by atoms with Crippen LogP contribution in [0.3, 0.4) is 0 Å². The maximum absolute atomic E-state index is 13.4. The zero-order valence-corrected chi connectivity index (χ0v) is 18.9. The van der Waals surface area contributed by atoms with Gasteiger partial charge in [-0.1, -0.05) is 0 Å². The Morgan fingerprint density at radius 3 is 2.16 bits per heavy atom. The Hall–Kier alpha value is -2.70. The molecule has 9 nitrogen and oxygen atoms in total. The largest absolute Gasteiger partial charge is 0.495 e. The Kier molecular flexibility index (Phi) is 5.86. The number of piperazine rings is 1. The first-order valence-electron chi connectivity index (χ1n) is 9.88. The first kappa shape index (κ1) is 22.5. The van der Waals surface area contributed by atoms with E-state index in [0.717, 1.165) is 5.69 Å². The molecule has 0 radical (unpaired) electrons. The van der Waals surface area contributed by atoms with Crippen molar-refractivity contribution in [3.8, 4) is 5.75 Å². The quantitative estimate of drug-likeness (QED) is 0.633. The summed E-state index contributed by atoms with van der Waals surface area (Å²) < 4.78 is 71.6. The van der Waals surface area contributed by atoms with Gasteiger partial charge in [-0.2, -0.15) is 4.31 Å². The van der Waals surface area contributed by atoms with Crippen molar-refractivity contribution in [2.75, 3.05) is 48.2 Å². The van der Waals surface area contributed by atoms with Crippen LogP contribution in [0, 0.1) is 5.82 Å². The second-order valence-corrected chi connectivity index (χ2v) is 11.3. The molecule has 2 heterocycles. The van der Waals surface area contributed by atoms with Crippen molar-refractivity contribution < 1.29 is 30.8 Å². The van der Waals surface area contributed by atoms with Crippen molar-refractivity contribution in [1.82, 2.24) is 4.31 Å². The minimum atomic E-state index is -4.04. The van der Waals surface area contributed by atoms with Gasteiger partial charge < -0.3 is 9.64 Å². The average molecular weight is 484 g/mol. The van der Waals surface area contributed by atoms with Gasteiger partial charge in [0.15, 0.2) is 0 Å². The second kappa shape index (κ2) is 8.34. The van der Waals surface area contributed by atoms with Crippen molar-refractivity contribution in [2.24, 2.45) is 0 Å². The summed E-state index contributed by atoms with van der Waals surface area (Å²) >= 11 is 0. The number of halogens is 1. The molecule has 0 bridgehead atoms. The smallest absolute Gasteiger partial charge is 0.246 e. The minimum Gasteiger partial charge on any atom is -0.495 e. The maximum atomic E-state index is 13.4. The molecule has 0 saturated carbocycles. The van der Waals surface area contributed by atoms with Crippen LogP contribution in [0.25, 0.3) is 0 Å². The van der Waals surface area contributed by atoms with Crippen LogP contribution in [0.15, 0.2) is 47.4 Å². The molecule has 12 heteroatoms. The molecule has 0 atom stereocenters. The number of benzene rings is 2. The fourth-order valence-electron chi connectivity index (χ4n) is 3.84. The van der Waals surface area contributed by atoms with Gasteiger partial charge in [0, 0.05) is 38.3 Å². The first-order valence-corrected chi connectivity index (χ1v) is 12.9. The summed E-state index contributed by atoms with van der Waals surface area (Å²) in [6.07, 6.45) is -0.151.